The topological polar surface area (TPSA) is 111 Å². The molecule has 8 heteroatoms. The van der Waals surface area contributed by atoms with Crippen LogP contribution >= 0.6 is 0 Å². The van der Waals surface area contributed by atoms with Gasteiger partial charge in [-0.2, -0.15) is 5.26 Å². The van der Waals surface area contributed by atoms with Crippen LogP contribution in [0.15, 0.2) is 12.1 Å². The first kappa shape index (κ1) is 15.3. The Morgan fingerprint density at radius 2 is 1.81 bits per heavy atom. The molecule has 110 valence electrons. The highest BCUT2D eigenvalue weighted by molar-refractivity contribution is 6.64. The molecule has 1 aliphatic heterocycles. The van der Waals surface area contributed by atoms with E-state index in [2.05, 4.69) is 0 Å². The van der Waals surface area contributed by atoms with E-state index in [9.17, 15) is 10.1 Å². The molecule has 0 atom stereocenters. The number of nitrogens with zero attached hydrogens (tertiary/aromatic N) is 2. The van der Waals surface area contributed by atoms with Gasteiger partial charge in [0.05, 0.1) is 27.8 Å². The second-order valence-corrected chi connectivity index (χ2v) is 5.96. The third-order valence-corrected chi connectivity index (χ3v) is 4.02. The van der Waals surface area contributed by atoms with E-state index in [0.29, 0.717) is 5.46 Å². The minimum atomic E-state index is -0.845. The fourth-order valence-electron chi connectivity index (χ4n) is 2.04. The second kappa shape index (κ2) is 4.72. The summed E-state index contributed by atoms with van der Waals surface area (Å²) in [7, 11) is -0.845. The van der Waals surface area contributed by atoms with Gasteiger partial charge in [-0.05, 0) is 33.8 Å². The minimum absolute atomic E-state index is 0.0440. The van der Waals surface area contributed by atoms with Gasteiger partial charge in [0.25, 0.3) is 5.69 Å². The van der Waals surface area contributed by atoms with Crippen LogP contribution in [0.2, 0.25) is 0 Å². The van der Waals surface area contributed by atoms with Gasteiger partial charge < -0.3 is 15.0 Å². The van der Waals surface area contributed by atoms with Crippen LogP contribution in [-0.2, 0) is 9.31 Å². The molecule has 1 heterocycles. The molecule has 1 aliphatic rings. The fourth-order valence-corrected chi connectivity index (χ4v) is 2.04. The van der Waals surface area contributed by atoms with Crippen molar-refractivity contribution in [1.82, 2.24) is 0 Å². The number of benzene rings is 1. The van der Waals surface area contributed by atoms with E-state index in [4.69, 9.17) is 20.3 Å². The number of rotatable bonds is 2. The Labute approximate surface area is 122 Å². The van der Waals surface area contributed by atoms with Crippen LogP contribution in [0, 0.1) is 21.4 Å². The molecule has 1 aromatic rings. The van der Waals surface area contributed by atoms with Gasteiger partial charge in [-0.25, -0.2) is 0 Å². The van der Waals surface area contributed by atoms with Gasteiger partial charge in [0.1, 0.15) is 5.69 Å². The van der Waals surface area contributed by atoms with Crippen LogP contribution in [0.3, 0.4) is 0 Å². The van der Waals surface area contributed by atoms with Crippen molar-refractivity contribution < 1.29 is 14.2 Å². The molecule has 0 bridgehead atoms. The number of hydrogen-bond donors (Lipinski definition) is 1. The Morgan fingerprint density at radius 3 is 2.24 bits per heavy atom. The molecule has 2 N–H and O–H groups in total. The van der Waals surface area contributed by atoms with Crippen molar-refractivity contribution in [2.75, 3.05) is 5.73 Å². The van der Waals surface area contributed by atoms with E-state index >= 15 is 0 Å². The van der Waals surface area contributed by atoms with Gasteiger partial charge in [0.2, 0.25) is 0 Å². The summed E-state index contributed by atoms with van der Waals surface area (Å²) in [6, 6.07) is 4.49. The summed E-state index contributed by atoms with van der Waals surface area (Å²) in [6.45, 7) is 7.47. The summed E-state index contributed by atoms with van der Waals surface area (Å²) in [5.41, 5.74) is 4.74. The van der Waals surface area contributed by atoms with Crippen LogP contribution in [0.25, 0.3) is 0 Å². The Bertz CT molecular complexity index is 636. The van der Waals surface area contributed by atoms with Crippen LogP contribution < -0.4 is 11.2 Å². The number of hydrogen-bond acceptors (Lipinski definition) is 6. The molecule has 1 fully saturated rings. The van der Waals surface area contributed by atoms with E-state index in [0.717, 1.165) is 6.07 Å². The zero-order chi connectivity index (χ0) is 16.0. The summed E-state index contributed by atoms with van der Waals surface area (Å²) >= 11 is 0. The van der Waals surface area contributed by atoms with Gasteiger partial charge in [0, 0.05) is 11.5 Å². The predicted octanol–water partition coefficient (Wildman–Crippen LogP) is 1.35. The fraction of sp³-hybridized carbons (Fsp3) is 0.462. The maximum atomic E-state index is 11.0. The average Bonchev–Trinajstić information content (AvgIpc) is 2.58. The van der Waals surface area contributed by atoms with E-state index in [1.54, 1.807) is 0 Å². The lowest BCUT2D eigenvalue weighted by Gasteiger charge is -2.32. The molecule has 7 nitrogen and oxygen atoms in total. The lowest BCUT2D eigenvalue weighted by molar-refractivity contribution is -0.383. The van der Waals surface area contributed by atoms with Crippen LogP contribution in [0.5, 0.6) is 0 Å². The molecule has 0 radical (unpaired) electrons. The predicted molar refractivity (Wildman–Crippen MR) is 77.9 cm³/mol. The number of nitriles is 1. The van der Waals surface area contributed by atoms with Crippen molar-refractivity contribution in [1.29, 1.82) is 5.26 Å². The van der Waals surface area contributed by atoms with E-state index in [1.807, 2.05) is 33.8 Å². The van der Waals surface area contributed by atoms with Gasteiger partial charge in [0.15, 0.2) is 0 Å². The Morgan fingerprint density at radius 1 is 1.29 bits per heavy atom. The van der Waals surface area contributed by atoms with Crippen molar-refractivity contribution >= 4 is 24.0 Å². The monoisotopic (exact) mass is 289 g/mol. The number of anilines is 1. The molecule has 21 heavy (non-hydrogen) atoms. The number of nitrogens with two attached hydrogens (primary N) is 1. The molecule has 1 aromatic carbocycles. The lowest BCUT2D eigenvalue weighted by Crippen LogP contribution is -2.41. The third kappa shape index (κ3) is 2.46. The average molecular weight is 289 g/mol. The first-order chi connectivity index (χ1) is 9.59. The molecule has 1 saturated heterocycles. The van der Waals surface area contributed by atoms with Crippen molar-refractivity contribution in [3.8, 4) is 6.07 Å². The molecule has 0 aromatic heterocycles. The number of nitrogen functional groups attached to an aromatic ring is 1. The smallest absolute Gasteiger partial charge is 0.399 e. The zero-order valence-corrected chi connectivity index (χ0v) is 12.3. The zero-order valence-electron chi connectivity index (χ0n) is 12.3. The van der Waals surface area contributed by atoms with Gasteiger partial charge in [-0.15, -0.1) is 0 Å². The van der Waals surface area contributed by atoms with Crippen LogP contribution in [-0.4, -0.2) is 23.2 Å². The van der Waals surface area contributed by atoms with Crippen molar-refractivity contribution in [3.05, 3.63) is 27.8 Å². The summed E-state index contributed by atoms with van der Waals surface area (Å²) in [5.74, 6) is 0. The summed E-state index contributed by atoms with van der Waals surface area (Å²) in [6.07, 6.45) is 0. The normalized spacial score (nSPS) is 19.3. The molecule has 2 rings (SSSR count). The highest BCUT2D eigenvalue weighted by Gasteiger charge is 2.52. The lowest BCUT2D eigenvalue weighted by atomic mass is 9.76. The van der Waals surface area contributed by atoms with Crippen LogP contribution in [0.4, 0.5) is 11.4 Å². The molecular weight excluding hydrogens is 273 g/mol. The highest BCUT2D eigenvalue weighted by atomic mass is 16.7. The maximum Gasteiger partial charge on any atom is 0.497 e. The first-order valence-corrected chi connectivity index (χ1v) is 6.42. The second-order valence-electron chi connectivity index (χ2n) is 5.96. The van der Waals surface area contributed by atoms with Gasteiger partial charge in [-0.1, -0.05) is 0 Å². The summed E-state index contributed by atoms with van der Waals surface area (Å²) < 4.78 is 11.7. The molecular formula is C13H16BN3O4. The first-order valence-electron chi connectivity index (χ1n) is 6.42. The molecule has 0 saturated carbocycles. The maximum absolute atomic E-state index is 11.0. The van der Waals surface area contributed by atoms with Crippen LogP contribution in [0.1, 0.15) is 33.3 Å². The Hall–Kier alpha value is -2.11. The summed E-state index contributed by atoms with van der Waals surface area (Å²) in [5, 5.41) is 20.1. The van der Waals surface area contributed by atoms with Crippen molar-refractivity contribution in [2.24, 2.45) is 0 Å². The highest BCUT2D eigenvalue weighted by Crippen LogP contribution is 2.37. The van der Waals surface area contributed by atoms with Crippen molar-refractivity contribution in [2.45, 2.75) is 38.9 Å². The largest absolute Gasteiger partial charge is 0.497 e. The molecule has 0 spiro atoms. The van der Waals surface area contributed by atoms with Gasteiger partial charge >= 0.3 is 7.12 Å². The Kier molecular flexibility index (Phi) is 3.44. The van der Waals surface area contributed by atoms with E-state index in [-0.39, 0.29) is 16.9 Å². The Balaban J connectivity index is 2.54. The van der Waals surface area contributed by atoms with E-state index in [1.165, 1.54) is 6.07 Å². The number of nitro benzene ring substituents is 1. The number of nitro groups is 1. The van der Waals surface area contributed by atoms with E-state index < -0.39 is 23.2 Å². The van der Waals surface area contributed by atoms with Crippen molar-refractivity contribution in [3.63, 3.8) is 0 Å². The standard InChI is InChI=1S/C13H16BN3O4/c1-12(2)13(3,4)21-14(20-12)9-5-8(7-15)6-10(11(9)16)17(18)19/h5-6H,16H2,1-4H3. The quantitative estimate of drug-likeness (QED) is 0.380. The molecule has 0 amide bonds. The van der Waals surface area contributed by atoms with Gasteiger partial charge in [-0.3, -0.25) is 10.1 Å². The summed E-state index contributed by atoms with van der Waals surface area (Å²) in [4.78, 5) is 10.4. The third-order valence-electron chi connectivity index (χ3n) is 4.02. The SMILES string of the molecule is CC1(C)OB(c2cc(C#N)cc([N+](=O)[O-])c2N)OC1(C)C. The molecule has 0 unspecified atom stereocenters. The molecule has 0 aliphatic carbocycles. The minimum Gasteiger partial charge on any atom is -0.399 e.